The van der Waals surface area contributed by atoms with Gasteiger partial charge in [-0.2, -0.15) is 5.10 Å². The van der Waals surface area contributed by atoms with E-state index in [1.807, 2.05) is 13.0 Å². The summed E-state index contributed by atoms with van der Waals surface area (Å²) in [5.41, 5.74) is 0.807. The van der Waals surface area contributed by atoms with E-state index in [4.69, 9.17) is 4.74 Å². The maximum absolute atomic E-state index is 12.3. The average molecular weight is 338 g/mol. The molecule has 0 fully saturated rings. The summed E-state index contributed by atoms with van der Waals surface area (Å²) in [6.07, 6.45) is 1.18. The Bertz CT molecular complexity index is 561. The van der Waals surface area contributed by atoms with Gasteiger partial charge in [0, 0.05) is 38.6 Å². The Morgan fingerprint density at radius 3 is 2.54 bits per heavy atom. The number of nitrogens with zero attached hydrogens (tertiary/aromatic N) is 3. The number of hydrogen-bond acceptors (Lipinski definition) is 4. The number of rotatable bonds is 8. The normalized spacial score (nSPS) is 11.4. The second kappa shape index (κ2) is 8.82. The molecule has 0 saturated heterocycles. The highest BCUT2D eigenvalue weighted by molar-refractivity contribution is 5.94. The van der Waals surface area contributed by atoms with Gasteiger partial charge in [-0.05, 0) is 6.42 Å². The van der Waals surface area contributed by atoms with E-state index < -0.39 is 0 Å². The molecular weight excluding hydrogens is 308 g/mol. The van der Waals surface area contributed by atoms with Gasteiger partial charge >= 0.3 is 0 Å². The number of hydrogen-bond donors (Lipinski definition) is 1. The predicted octanol–water partition coefficient (Wildman–Crippen LogP) is 1.93. The summed E-state index contributed by atoms with van der Waals surface area (Å²) in [6, 6.07) is 1.87. The Hall–Kier alpha value is -1.89. The molecule has 0 bridgehead atoms. The van der Waals surface area contributed by atoms with Crippen LogP contribution >= 0.6 is 0 Å². The van der Waals surface area contributed by atoms with Crippen molar-refractivity contribution in [3.63, 3.8) is 0 Å². The Balaban J connectivity index is 2.75. The van der Waals surface area contributed by atoms with Gasteiger partial charge in [0.25, 0.3) is 0 Å². The van der Waals surface area contributed by atoms with Crippen LogP contribution in [0.25, 0.3) is 0 Å². The van der Waals surface area contributed by atoms with Crippen LogP contribution in [-0.2, 0) is 26.8 Å². The molecule has 1 N–H and O–H groups in total. The summed E-state index contributed by atoms with van der Waals surface area (Å²) >= 11 is 0. The zero-order chi connectivity index (χ0) is 18.3. The summed E-state index contributed by atoms with van der Waals surface area (Å²) in [4.78, 5) is 26.0. The standard InChI is InChI=1S/C17H30N4O3/c1-7-8-16(23)21(9-10-24-6)12-15(22)18-14-11-13(17(2,3)4)19-20(14)5/h11H,7-10,12H2,1-6H3,(H,18,22). The Labute approximate surface area is 144 Å². The fourth-order valence-corrected chi connectivity index (χ4v) is 2.17. The third kappa shape index (κ3) is 5.96. The van der Waals surface area contributed by atoms with Gasteiger partial charge in [0.05, 0.1) is 18.8 Å². The van der Waals surface area contributed by atoms with Gasteiger partial charge in [-0.1, -0.05) is 27.7 Å². The maximum Gasteiger partial charge on any atom is 0.245 e. The van der Waals surface area contributed by atoms with Crippen LogP contribution in [0.1, 0.15) is 46.2 Å². The van der Waals surface area contributed by atoms with Crippen LogP contribution in [0.2, 0.25) is 0 Å². The van der Waals surface area contributed by atoms with E-state index >= 15 is 0 Å². The lowest BCUT2D eigenvalue weighted by Crippen LogP contribution is -2.40. The minimum absolute atomic E-state index is 0.0121. The molecule has 1 aromatic rings. The number of methoxy groups -OCH3 is 1. The van der Waals surface area contributed by atoms with Gasteiger partial charge < -0.3 is 15.0 Å². The van der Waals surface area contributed by atoms with Crippen molar-refractivity contribution in [1.29, 1.82) is 0 Å². The van der Waals surface area contributed by atoms with Gasteiger partial charge in [0.2, 0.25) is 11.8 Å². The SMILES string of the molecule is CCCC(=O)N(CCOC)CC(=O)Nc1cc(C(C)(C)C)nn1C. The van der Waals surface area contributed by atoms with Crippen LogP contribution < -0.4 is 5.32 Å². The molecule has 0 aliphatic heterocycles. The van der Waals surface area contributed by atoms with Crippen LogP contribution in [0, 0.1) is 0 Å². The van der Waals surface area contributed by atoms with Crippen LogP contribution in [-0.4, -0.2) is 53.3 Å². The largest absolute Gasteiger partial charge is 0.383 e. The first-order valence-corrected chi connectivity index (χ1v) is 8.30. The van der Waals surface area contributed by atoms with Gasteiger partial charge in [-0.15, -0.1) is 0 Å². The second-order valence-corrected chi connectivity index (χ2v) is 6.89. The monoisotopic (exact) mass is 338 g/mol. The molecule has 0 aliphatic rings. The second-order valence-electron chi connectivity index (χ2n) is 6.89. The molecule has 0 radical (unpaired) electrons. The number of aryl methyl sites for hydroxylation is 1. The highest BCUT2D eigenvalue weighted by Gasteiger charge is 2.21. The van der Waals surface area contributed by atoms with Crippen LogP contribution in [0.3, 0.4) is 0 Å². The van der Waals surface area contributed by atoms with E-state index in [2.05, 4.69) is 31.2 Å². The number of amides is 2. The van der Waals surface area contributed by atoms with E-state index in [1.165, 1.54) is 4.90 Å². The van der Waals surface area contributed by atoms with Crippen LogP contribution in [0.4, 0.5) is 5.82 Å². The van der Waals surface area contributed by atoms with E-state index in [0.717, 1.165) is 12.1 Å². The van der Waals surface area contributed by atoms with Gasteiger partial charge in [-0.25, -0.2) is 0 Å². The molecule has 0 atom stereocenters. The first-order chi connectivity index (χ1) is 11.2. The Kier molecular flexibility index (Phi) is 7.41. The fraction of sp³-hybridized carbons (Fsp3) is 0.706. The molecule has 0 unspecified atom stereocenters. The highest BCUT2D eigenvalue weighted by Crippen LogP contribution is 2.23. The van der Waals surface area contributed by atoms with Crippen molar-refractivity contribution in [2.24, 2.45) is 7.05 Å². The molecule has 2 amide bonds. The number of anilines is 1. The van der Waals surface area contributed by atoms with Crippen molar-refractivity contribution in [3.05, 3.63) is 11.8 Å². The minimum atomic E-state index is -0.237. The zero-order valence-corrected chi connectivity index (χ0v) is 15.7. The molecule has 0 spiro atoms. The Morgan fingerprint density at radius 1 is 1.38 bits per heavy atom. The van der Waals surface area contributed by atoms with Crippen molar-refractivity contribution < 1.29 is 14.3 Å². The van der Waals surface area contributed by atoms with Crippen LogP contribution in [0.5, 0.6) is 0 Å². The summed E-state index contributed by atoms with van der Waals surface area (Å²) in [5.74, 6) is 0.351. The lowest BCUT2D eigenvalue weighted by molar-refractivity contribution is -0.135. The molecular formula is C17H30N4O3. The molecule has 1 heterocycles. The highest BCUT2D eigenvalue weighted by atomic mass is 16.5. The molecule has 24 heavy (non-hydrogen) atoms. The average Bonchev–Trinajstić information content (AvgIpc) is 2.85. The summed E-state index contributed by atoms with van der Waals surface area (Å²) in [7, 11) is 3.36. The molecule has 7 nitrogen and oxygen atoms in total. The van der Waals surface area contributed by atoms with E-state index in [9.17, 15) is 9.59 Å². The molecule has 7 heteroatoms. The maximum atomic E-state index is 12.3. The van der Waals surface area contributed by atoms with Crippen molar-refractivity contribution in [1.82, 2.24) is 14.7 Å². The molecule has 1 aromatic heterocycles. The first-order valence-electron chi connectivity index (χ1n) is 8.30. The molecule has 0 aromatic carbocycles. The summed E-state index contributed by atoms with van der Waals surface area (Å²) < 4.78 is 6.67. The topological polar surface area (TPSA) is 76.5 Å². The number of aromatic nitrogens is 2. The predicted molar refractivity (Wildman–Crippen MR) is 93.9 cm³/mol. The van der Waals surface area contributed by atoms with Gasteiger partial charge in [0.1, 0.15) is 5.82 Å². The molecule has 1 rings (SSSR count). The molecule has 136 valence electrons. The van der Waals surface area contributed by atoms with E-state index in [1.54, 1.807) is 18.8 Å². The van der Waals surface area contributed by atoms with E-state index in [0.29, 0.717) is 25.4 Å². The van der Waals surface area contributed by atoms with Crippen molar-refractivity contribution in [2.75, 3.05) is 32.1 Å². The quantitative estimate of drug-likeness (QED) is 0.786. The lowest BCUT2D eigenvalue weighted by atomic mass is 9.92. The number of carbonyl (C=O) groups excluding carboxylic acids is 2. The molecule has 0 saturated carbocycles. The lowest BCUT2D eigenvalue weighted by Gasteiger charge is -2.21. The number of carbonyl (C=O) groups is 2. The first kappa shape index (κ1) is 20.2. The smallest absolute Gasteiger partial charge is 0.245 e. The van der Waals surface area contributed by atoms with E-state index in [-0.39, 0.29) is 23.8 Å². The summed E-state index contributed by atoms with van der Waals surface area (Å²) in [6.45, 7) is 8.96. The number of ether oxygens (including phenoxy) is 1. The van der Waals surface area contributed by atoms with Crippen LogP contribution in [0.15, 0.2) is 6.07 Å². The Morgan fingerprint density at radius 2 is 2.04 bits per heavy atom. The third-order valence-corrected chi connectivity index (χ3v) is 3.63. The summed E-state index contributed by atoms with van der Waals surface area (Å²) in [5, 5.41) is 7.26. The fourth-order valence-electron chi connectivity index (χ4n) is 2.17. The van der Waals surface area contributed by atoms with Gasteiger partial charge in [-0.3, -0.25) is 14.3 Å². The minimum Gasteiger partial charge on any atom is -0.383 e. The van der Waals surface area contributed by atoms with Crippen molar-refractivity contribution >= 4 is 17.6 Å². The zero-order valence-electron chi connectivity index (χ0n) is 15.7. The molecule has 0 aliphatic carbocycles. The number of nitrogens with one attached hydrogen (secondary N) is 1. The van der Waals surface area contributed by atoms with Crippen molar-refractivity contribution in [3.8, 4) is 0 Å². The third-order valence-electron chi connectivity index (χ3n) is 3.63. The van der Waals surface area contributed by atoms with Crippen molar-refractivity contribution in [2.45, 2.75) is 46.0 Å². The van der Waals surface area contributed by atoms with Gasteiger partial charge in [0.15, 0.2) is 0 Å².